The van der Waals surface area contributed by atoms with E-state index in [2.05, 4.69) is 11.9 Å². The highest BCUT2D eigenvalue weighted by Gasteiger charge is 2.09. The lowest BCUT2D eigenvalue weighted by molar-refractivity contribution is 0.232. The zero-order valence-electron chi connectivity index (χ0n) is 8.56. The van der Waals surface area contributed by atoms with Crippen molar-refractivity contribution in [2.45, 2.75) is 19.8 Å². The molecule has 1 aromatic carbocycles. The van der Waals surface area contributed by atoms with Crippen molar-refractivity contribution in [2.24, 2.45) is 0 Å². The molecule has 0 aliphatic heterocycles. The number of fused-ring (bicyclic) bond motifs is 1. The molecule has 15 heavy (non-hydrogen) atoms. The topological polar surface area (TPSA) is 55.5 Å². The summed E-state index contributed by atoms with van der Waals surface area (Å²) in [5, 5.41) is 9.48. The normalized spacial score (nSPS) is 10.7. The highest BCUT2D eigenvalue weighted by atomic mass is 16.6. The average Bonchev–Trinajstić information content (AvgIpc) is 2.63. The highest BCUT2D eigenvalue weighted by Crippen LogP contribution is 2.27. The molecule has 0 amide bonds. The summed E-state index contributed by atoms with van der Waals surface area (Å²) in [5.41, 5.74) is 0.991. The van der Waals surface area contributed by atoms with Crippen LogP contribution in [0.15, 0.2) is 22.6 Å². The standard InChI is InChI=1S/C11H13NO3/c1-2-3-7-14-11-12-10-8(13)5-4-6-9(10)15-11/h4-6,13H,2-3,7H2,1H3. The Morgan fingerprint density at radius 2 is 2.33 bits per heavy atom. The van der Waals surface area contributed by atoms with E-state index in [1.165, 1.54) is 0 Å². The fourth-order valence-corrected chi connectivity index (χ4v) is 1.28. The number of phenolic OH excluding ortho intramolecular Hbond substituents is 1. The largest absolute Gasteiger partial charge is 0.506 e. The molecular weight excluding hydrogens is 194 g/mol. The van der Waals surface area contributed by atoms with Crippen molar-refractivity contribution in [3.8, 4) is 11.8 Å². The van der Waals surface area contributed by atoms with Crippen molar-refractivity contribution < 1.29 is 14.3 Å². The van der Waals surface area contributed by atoms with E-state index in [1.54, 1.807) is 18.2 Å². The summed E-state index contributed by atoms with van der Waals surface area (Å²) in [6, 6.07) is 5.02. The van der Waals surface area contributed by atoms with Gasteiger partial charge in [0.25, 0.3) is 0 Å². The molecule has 0 radical (unpaired) electrons. The van der Waals surface area contributed by atoms with E-state index < -0.39 is 0 Å². The molecule has 4 nitrogen and oxygen atoms in total. The Labute approximate surface area is 87.5 Å². The van der Waals surface area contributed by atoms with Gasteiger partial charge in [0.05, 0.1) is 6.61 Å². The second kappa shape index (κ2) is 4.21. The number of ether oxygens (including phenoxy) is 1. The summed E-state index contributed by atoms with van der Waals surface area (Å²) in [6.45, 7) is 2.67. The third-order valence-corrected chi connectivity index (χ3v) is 2.10. The van der Waals surface area contributed by atoms with Gasteiger partial charge in [-0.25, -0.2) is 0 Å². The van der Waals surface area contributed by atoms with Crippen LogP contribution >= 0.6 is 0 Å². The predicted molar refractivity (Wildman–Crippen MR) is 56.1 cm³/mol. The minimum absolute atomic E-state index is 0.113. The second-order valence-electron chi connectivity index (χ2n) is 3.31. The van der Waals surface area contributed by atoms with Gasteiger partial charge in [0.1, 0.15) is 5.75 Å². The molecule has 0 aliphatic carbocycles. The molecule has 0 bridgehead atoms. The Hall–Kier alpha value is -1.71. The lowest BCUT2D eigenvalue weighted by Gasteiger charge is -1.97. The lowest BCUT2D eigenvalue weighted by Crippen LogP contribution is -1.95. The molecule has 2 rings (SSSR count). The van der Waals surface area contributed by atoms with Gasteiger partial charge in [-0.3, -0.25) is 0 Å². The maximum Gasteiger partial charge on any atom is 0.394 e. The van der Waals surface area contributed by atoms with Crippen LogP contribution in [0.3, 0.4) is 0 Å². The number of rotatable bonds is 4. The minimum atomic E-state index is 0.113. The molecule has 0 saturated carbocycles. The van der Waals surface area contributed by atoms with Crippen molar-refractivity contribution in [3.05, 3.63) is 18.2 Å². The number of aromatic hydroxyl groups is 1. The highest BCUT2D eigenvalue weighted by molar-refractivity contribution is 5.79. The number of oxazole rings is 1. The first kappa shape index (κ1) is 9.83. The second-order valence-corrected chi connectivity index (χ2v) is 3.31. The Balaban J connectivity index is 2.20. The molecule has 80 valence electrons. The number of phenols is 1. The van der Waals surface area contributed by atoms with Crippen LogP contribution in [-0.4, -0.2) is 16.7 Å². The number of aromatic nitrogens is 1. The van der Waals surface area contributed by atoms with Gasteiger partial charge in [-0.2, -0.15) is 4.98 Å². The molecule has 0 unspecified atom stereocenters. The van der Waals surface area contributed by atoms with Crippen LogP contribution in [-0.2, 0) is 0 Å². The summed E-state index contributed by atoms with van der Waals surface area (Å²) in [5.74, 6) is 0.113. The first-order valence-electron chi connectivity index (χ1n) is 5.02. The fourth-order valence-electron chi connectivity index (χ4n) is 1.28. The van der Waals surface area contributed by atoms with Crippen LogP contribution in [0, 0.1) is 0 Å². The Morgan fingerprint density at radius 3 is 3.07 bits per heavy atom. The van der Waals surface area contributed by atoms with Crippen LogP contribution in [0.4, 0.5) is 0 Å². The zero-order valence-corrected chi connectivity index (χ0v) is 8.56. The van der Waals surface area contributed by atoms with Gasteiger partial charge in [0.15, 0.2) is 11.1 Å². The maximum absolute atomic E-state index is 9.48. The number of benzene rings is 1. The molecule has 1 N–H and O–H groups in total. The van der Waals surface area contributed by atoms with Gasteiger partial charge in [-0.15, -0.1) is 0 Å². The third kappa shape index (κ3) is 2.03. The Morgan fingerprint density at radius 1 is 1.47 bits per heavy atom. The van der Waals surface area contributed by atoms with Crippen molar-refractivity contribution in [3.63, 3.8) is 0 Å². The smallest absolute Gasteiger partial charge is 0.394 e. The number of hydrogen-bond donors (Lipinski definition) is 1. The van der Waals surface area contributed by atoms with Crippen LogP contribution < -0.4 is 4.74 Å². The number of hydrogen-bond acceptors (Lipinski definition) is 4. The third-order valence-electron chi connectivity index (χ3n) is 2.10. The predicted octanol–water partition coefficient (Wildman–Crippen LogP) is 2.71. The molecule has 0 fully saturated rings. The van der Waals surface area contributed by atoms with E-state index in [9.17, 15) is 5.11 Å². The van der Waals surface area contributed by atoms with Gasteiger partial charge >= 0.3 is 6.08 Å². The van der Waals surface area contributed by atoms with Crippen LogP contribution in [0.25, 0.3) is 11.1 Å². The van der Waals surface area contributed by atoms with Crippen LogP contribution in [0.2, 0.25) is 0 Å². The van der Waals surface area contributed by atoms with Crippen molar-refractivity contribution in [1.29, 1.82) is 0 Å². The molecular formula is C11H13NO3. The summed E-state index contributed by atoms with van der Waals surface area (Å²) < 4.78 is 10.6. The SMILES string of the molecule is CCCCOc1nc2c(O)cccc2o1. The van der Waals surface area contributed by atoms with Crippen LogP contribution in [0.1, 0.15) is 19.8 Å². The Kier molecular flexibility index (Phi) is 2.76. The number of para-hydroxylation sites is 1. The first-order chi connectivity index (χ1) is 7.31. The van der Waals surface area contributed by atoms with Gasteiger partial charge < -0.3 is 14.3 Å². The van der Waals surface area contributed by atoms with Gasteiger partial charge in [-0.1, -0.05) is 19.4 Å². The number of nitrogens with zero attached hydrogens (tertiary/aromatic N) is 1. The molecule has 1 heterocycles. The molecule has 4 heteroatoms. The fraction of sp³-hybridized carbons (Fsp3) is 0.364. The monoisotopic (exact) mass is 207 g/mol. The zero-order chi connectivity index (χ0) is 10.7. The summed E-state index contributed by atoms with van der Waals surface area (Å²) in [4.78, 5) is 4.05. The van der Waals surface area contributed by atoms with E-state index in [1.807, 2.05) is 0 Å². The van der Waals surface area contributed by atoms with E-state index in [-0.39, 0.29) is 11.8 Å². The molecule has 0 saturated heterocycles. The summed E-state index contributed by atoms with van der Waals surface area (Å²) in [6.07, 6.45) is 2.25. The molecule has 2 aromatic rings. The minimum Gasteiger partial charge on any atom is -0.506 e. The van der Waals surface area contributed by atoms with E-state index in [0.717, 1.165) is 12.8 Å². The lowest BCUT2D eigenvalue weighted by atomic mass is 10.3. The van der Waals surface area contributed by atoms with Gasteiger partial charge in [0.2, 0.25) is 0 Å². The molecule has 0 atom stereocenters. The molecule has 1 aromatic heterocycles. The quantitative estimate of drug-likeness (QED) is 0.783. The molecule has 0 spiro atoms. The molecule has 0 aliphatic rings. The van der Waals surface area contributed by atoms with Gasteiger partial charge in [-0.05, 0) is 18.6 Å². The first-order valence-corrected chi connectivity index (χ1v) is 5.02. The van der Waals surface area contributed by atoms with E-state index in [0.29, 0.717) is 17.7 Å². The van der Waals surface area contributed by atoms with E-state index >= 15 is 0 Å². The average molecular weight is 207 g/mol. The van der Waals surface area contributed by atoms with Crippen molar-refractivity contribution >= 4 is 11.1 Å². The Bertz CT molecular complexity index is 450. The van der Waals surface area contributed by atoms with Gasteiger partial charge in [0, 0.05) is 0 Å². The maximum atomic E-state index is 9.48. The van der Waals surface area contributed by atoms with Crippen LogP contribution in [0.5, 0.6) is 11.8 Å². The van der Waals surface area contributed by atoms with E-state index in [4.69, 9.17) is 9.15 Å². The summed E-state index contributed by atoms with van der Waals surface area (Å²) in [7, 11) is 0. The number of unbranched alkanes of at least 4 members (excludes halogenated alkanes) is 1. The van der Waals surface area contributed by atoms with Crippen molar-refractivity contribution in [1.82, 2.24) is 4.98 Å². The van der Waals surface area contributed by atoms with Crippen molar-refractivity contribution in [2.75, 3.05) is 6.61 Å². The summed E-state index contributed by atoms with van der Waals surface area (Å²) >= 11 is 0.